The lowest BCUT2D eigenvalue weighted by atomic mass is 10.0. The monoisotopic (exact) mass is 386 g/mol. The van der Waals surface area contributed by atoms with E-state index in [0.29, 0.717) is 12.8 Å². The molecular formula is C22H43O3P. The van der Waals surface area contributed by atoms with Crippen LogP contribution < -0.4 is 4.89 Å². The standard InChI is InChI=1S/C22H43O3P/c1-3-5-6-7-8-9-10-11-12-13-14-15-16-17-18-19-20-25-22(23)21-26(24)4-2/h21H,3-20H2,1-2H3. The Labute approximate surface area is 163 Å². The highest BCUT2D eigenvalue weighted by molar-refractivity contribution is 7.51. The Kier molecular flexibility index (Phi) is 20.6. The molecule has 0 aromatic carbocycles. The van der Waals surface area contributed by atoms with Crippen LogP contribution in [0.3, 0.4) is 0 Å². The molecule has 3 nitrogen and oxygen atoms in total. The van der Waals surface area contributed by atoms with Crippen LogP contribution >= 0.6 is 7.77 Å². The zero-order chi connectivity index (χ0) is 19.3. The van der Waals surface area contributed by atoms with Crippen molar-refractivity contribution in [3.05, 3.63) is 0 Å². The van der Waals surface area contributed by atoms with Gasteiger partial charge in [-0.3, -0.25) is 0 Å². The van der Waals surface area contributed by atoms with E-state index in [-0.39, 0.29) is 0 Å². The largest absolute Gasteiger partial charge is 0.630 e. The first-order valence-electron chi connectivity index (χ1n) is 11.2. The van der Waals surface area contributed by atoms with E-state index in [1.54, 1.807) is 6.92 Å². The summed E-state index contributed by atoms with van der Waals surface area (Å²) in [6.45, 7) is 4.54. The summed E-state index contributed by atoms with van der Waals surface area (Å²) >= 11 is 0. The smallest absolute Gasteiger partial charge is 0.373 e. The van der Waals surface area contributed by atoms with E-state index in [4.69, 9.17) is 4.74 Å². The van der Waals surface area contributed by atoms with Crippen LogP contribution in [0.1, 0.15) is 117 Å². The molecule has 0 saturated carbocycles. The van der Waals surface area contributed by atoms with Gasteiger partial charge in [-0.15, -0.1) is 0 Å². The Balaban J connectivity index is 3.15. The Morgan fingerprint density at radius 3 is 1.50 bits per heavy atom. The summed E-state index contributed by atoms with van der Waals surface area (Å²) in [4.78, 5) is 22.5. The van der Waals surface area contributed by atoms with Crippen molar-refractivity contribution in [2.24, 2.45) is 0 Å². The van der Waals surface area contributed by atoms with Crippen molar-refractivity contribution in [2.75, 3.05) is 12.8 Å². The highest BCUT2D eigenvalue weighted by Gasteiger charge is 2.03. The van der Waals surface area contributed by atoms with E-state index in [1.165, 1.54) is 95.7 Å². The molecule has 0 radical (unpaired) electrons. The molecule has 0 heterocycles. The molecule has 0 saturated heterocycles. The van der Waals surface area contributed by atoms with E-state index in [0.717, 1.165) is 12.8 Å². The van der Waals surface area contributed by atoms with Gasteiger partial charge in [-0.2, -0.15) is 0 Å². The van der Waals surface area contributed by atoms with Crippen LogP contribution in [0.2, 0.25) is 0 Å². The predicted octanol–water partition coefficient (Wildman–Crippen LogP) is 6.37. The molecule has 0 spiro atoms. The first-order valence-corrected chi connectivity index (χ1v) is 12.7. The average Bonchev–Trinajstić information content (AvgIpc) is 2.64. The van der Waals surface area contributed by atoms with Crippen LogP contribution in [0, 0.1) is 0 Å². The molecule has 1 unspecified atom stereocenters. The van der Waals surface area contributed by atoms with Gasteiger partial charge in [0, 0.05) is 0 Å². The number of esters is 1. The van der Waals surface area contributed by atoms with Crippen LogP contribution in [0.5, 0.6) is 0 Å². The highest BCUT2D eigenvalue weighted by Crippen LogP contribution is 2.13. The number of hydrogen-bond donors (Lipinski definition) is 0. The second kappa shape index (κ2) is 20.9. The number of rotatable bonds is 19. The van der Waals surface area contributed by atoms with Gasteiger partial charge in [0.2, 0.25) is 0 Å². The van der Waals surface area contributed by atoms with Crippen molar-refractivity contribution < 1.29 is 14.4 Å². The zero-order valence-electron chi connectivity index (χ0n) is 17.5. The lowest BCUT2D eigenvalue weighted by Crippen LogP contribution is -2.08. The fraction of sp³-hybridized carbons (Fsp3) is 0.909. The molecule has 0 aliphatic rings. The molecule has 0 aliphatic heterocycles. The predicted molar refractivity (Wildman–Crippen MR) is 114 cm³/mol. The van der Waals surface area contributed by atoms with Gasteiger partial charge in [0.25, 0.3) is 0 Å². The molecule has 0 aliphatic carbocycles. The van der Waals surface area contributed by atoms with Gasteiger partial charge < -0.3 is 9.63 Å². The molecule has 0 amide bonds. The summed E-state index contributed by atoms with van der Waals surface area (Å²) in [5, 5.41) is 0. The summed E-state index contributed by atoms with van der Waals surface area (Å²) in [5.41, 5.74) is 0. The minimum atomic E-state index is -1.51. The summed E-state index contributed by atoms with van der Waals surface area (Å²) in [6, 6.07) is 0. The van der Waals surface area contributed by atoms with E-state index >= 15 is 0 Å². The summed E-state index contributed by atoms with van der Waals surface area (Å²) in [7, 11) is -1.51. The average molecular weight is 387 g/mol. The number of carbonyl (C=O) groups is 1. The quantitative estimate of drug-likeness (QED) is 0.147. The van der Waals surface area contributed by atoms with Crippen molar-refractivity contribution in [3.63, 3.8) is 0 Å². The molecule has 0 fully saturated rings. The van der Waals surface area contributed by atoms with Crippen LogP contribution in [-0.4, -0.2) is 24.5 Å². The van der Waals surface area contributed by atoms with Gasteiger partial charge in [-0.1, -0.05) is 103 Å². The summed E-state index contributed by atoms with van der Waals surface area (Å²) < 4.78 is 5.06. The Hall–Kier alpha value is -0.400. The maximum absolute atomic E-state index is 11.3. The minimum absolute atomic E-state index is 0.422. The molecular weight excluding hydrogens is 343 g/mol. The van der Waals surface area contributed by atoms with Crippen LogP contribution in [0.15, 0.2) is 0 Å². The van der Waals surface area contributed by atoms with Crippen LogP contribution in [-0.2, 0) is 9.53 Å². The topological polar surface area (TPSA) is 49.4 Å². The molecule has 0 aromatic heterocycles. The lowest BCUT2D eigenvalue weighted by Gasteiger charge is -2.04. The Bertz CT molecular complexity index is 342. The minimum Gasteiger partial charge on any atom is -0.630 e. The second-order valence-corrected chi connectivity index (χ2v) is 9.06. The maximum Gasteiger partial charge on any atom is 0.373 e. The molecule has 154 valence electrons. The van der Waals surface area contributed by atoms with Crippen LogP contribution in [0.4, 0.5) is 0 Å². The first kappa shape index (κ1) is 25.6. The highest BCUT2D eigenvalue weighted by atomic mass is 31.1. The van der Waals surface area contributed by atoms with Gasteiger partial charge in [0.15, 0.2) is 5.80 Å². The van der Waals surface area contributed by atoms with Gasteiger partial charge in [0.05, 0.1) is 20.5 Å². The molecule has 0 rings (SSSR count). The summed E-state index contributed by atoms with van der Waals surface area (Å²) in [6.07, 6.45) is 21.9. The third-order valence-electron chi connectivity index (χ3n) is 4.80. The van der Waals surface area contributed by atoms with Crippen molar-refractivity contribution in [1.29, 1.82) is 0 Å². The van der Waals surface area contributed by atoms with E-state index in [1.807, 2.05) is 0 Å². The van der Waals surface area contributed by atoms with Crippen molar-refractivity contribution in [3.8, 4) is 0 Å². The zero-order valence-corrected chi connectivity index (χ0v) is 18.4. The van der Waals surface area contributed by atoms with E-state index < -0.39 is 13.7 Å². The molecule has 1 atom stereocenters. The number of ether oxygens (including phenoxy) is 1. The van der Waals surface area contributed by atoms with Gasteiger partial charge in [-0.05, 0) is 13.3 Å². The maximum atomic E-state index is 11.3. The van der Waals surface area contributed by atoms with Crippen molar-refractivity contribution in [1.82, 2.24) is 0 Å². The van der Waals surface area contributed by atoms with E-state index in [9.17, 15) is 9.69 Å². The number of carbonyl (C=O) groups excluding carboxylic acids is 1. The van der Waals surface area contributed by atoms with Crippen molar-refractivity contribution >= 4 is 19.5 Å². The molecule has 0 bridgehead atoms. The Morgan fingerprint density at radius 1 is 0.731 bits per heavy atom. The fourth-order valence-corrected chi connectivity index (χ4v) is 3.56. The van der Waals surface area contributed by atoms with Gasteiger partial charge >= 0.3 is 5.97 Å². The Morgan fingerprint density at radius 2 is 1.12 bits per heavy atom. The molecule has 0 N–H and O–H groups in total. The molecule has 4 heteroatoms. The number of hydrogen-bond acceptors (Lipinski definition) is 3. The third-order valence-corrected chi connectivity index (χ3v) is 5.93. The SMILES string of the molecule is CCCCCCCCCCCCCCCCCCOC(=O)C=[P+]([O-])CC. The fourth-order valence-electron chi connectivity index (χ4n) is 3.07. The summed E-state index contributed by atoms with van der Waals surface area (Å²) in [5.74, 6) is 0.788. The van der Waals surface area contributed by atoms with Crippen molar-refractivity contribution in [2.45, 2.75) is 117 Å². The van der Waals surface area contributed by atoms with E-state index in [2.05, 4.69) is 6.92 Å². The second-order valence-electron chi connectivity index (χ2n) is 7.33. The van der Waals surface area contributed by atoms with Crippen LogP contribution in [0.25, 0.3) is 0 Å². The van der Waals surface area contributed by atoms with Gasteiger partial charge in [-0.25, -0.2) is 4.79 Å². The lowest BCUT2D eigenvalue weighted by molar-refractivity contribution is -0.152. The normalized spacial score (nSPS) is 11.7. The molecule has 26 heavy (non-hydrogen) atoms. The number of unbranched alkanes of at least 4 members (excludes halogenated alkanes) is 15. The van der Waals surface area contributed by atoms with Gasteiger partial charge in [0.1, 0.15) is 0 Å². The third kappa shape index (κ3) is 19.9. The molecule has 0 aromatic rings. The first-order chi connectivity index (χ1) is 12.7.